The number of aryl methyl sites for hydroxylation is 2. The zero-order chi connectivity index (χ0) is 9.30. The van der Waals surface area contributed by atoms with Gasteiger partial charge in [-0.05, 0) is 13.3 Å². The number of aromatic nitrogens is 2. The molecule has 0 aromatic carbocycles. The van der Waals surface area contributed by atoms with Crippen molar-refractivity contribution in [3.8, 4) is 0 Å². The van der Waals surface area contributed by atoms with Crippen LogP contribution >= 0.6 is 11.6 Å². The van der Waals surface area contributed by atoms with Crippen LogP contribution in [0.5, 0.6) is 0 Å². The lowest BCUT2D eigenvalue weighted by Crippen LogP contribution is -2.13. The normalized spacial score (nSPS) is 13.4. The summed E-state index contributed by atoms with van der Waals surface area (Å²) in [6, 6.07) is -0.0105. The van der Waals surface area contributed by atoms with Gasteiger partial charge in [-0.3, -0.25) is 4.68 Å². The maximum absolute atomic E-state index is 6.02. The molecule has 0 bridgehead atoms. The zero-order valence-corrected chi connectivity index (χ0v) is 8.39. The van der Waals surface area contributed by atoms with Gasteiger partial charge in [0, 0.05) is 13.1 Å². The molecule has 0 amide bonds. The number of nitrogens with two attached hydrogens (primary N) is 1. The fourth-order valence-electron chi connectivity index (χ4n) is 1.25. The van der Waals surface area contributed by atoms with Crippen molar-refractivity contribution >= 4 is 11.6 Å². The molecular formula is C8H14ClN3. The van der Waals surface area contributed by atoms with Crippen molar-refractivity contribution in [1.29, 1.82) is 0 Å². The number of hydrogen-bond donors (Lipinski definition) is 1. The molecule has 0 aliphatic heterocycles. The molecule has 0 fully saturated rings. The van der Waals surface area contributed by atoms with E-state index in [1.165, 1.54) is 0 Å². The average molecular weight is 188 g/mol. The Balaban J connectivity index is 3.13. The molecule has 1 rings (SSSR count). The molecule has 4 heteroatoms. The Hall–Kier alpha value is -0.540. The van der Waals surface area contributed by atoms with Crippen LogP contribution in [0.15, 0.2) is 0 Å². The first kappa shape index (κ1) is 9.55. The third-order valence-corrected chi connectivity index (χ3v) is 2.45. The van der Waals surface area contributed by atoms with Gasteiger partial charge in [-0.2, -0.15) is 5.10 Å². The maximum Gasteiger partial charge on any atom is 0.0863 e. The summed E-state index contributed by atoms with van der Waals surface area (Å²) in [5, 5.41) is 4.89. The third kappa shape index (κ3) is 1.47. The molecule has 1 heterocycles. The van der Waals surface area contributed by atoms with Crippen molar-refractivity contribution in [3.63, 3.8) is 0 Å². The van der Waals surface area contributed by atoms with Crippen LogP contribution in [-0.2, 0) is 7.05 Å². The minimum absolute atomic E-state index is 0.0105. The Morgan fingerprint density at radius 3 is 2.58 bits per heavy atom. The van der Waals surface area contributed by atoms with Crippen molar-refractivity contribution in [3.05, 3.63) is 16.4 Å². The van der Waals surface area contributed by atoms with Gasteiger partial charge in [-0.1, -0.05) is 18.5 Å². The summed E-state index contributed by atoms with van der Waals surface area (Å²) < 4.78 is 1.76. The monoisotopic (exact) mass is 187 g/mol. The van der Waals surface area contributed by atoms with Gasteiger partial charge < -0.3 is 5.73 Å². The Kier molecular flexibility index (Phi) is 2.75. The molecule has 0 aliphatic carbocycles. The van der Waals surface area contributed by atoms with Crippen molar-refractivity contribution in [2.45, 2.75) is 26.3 Å². The average Bonchev–Trinajstić information content (AvgIpc) is 2.26. The fraction of sp³-hybridized carbons (Fsp3) is 0.625. The summed E-state index contributed by atoms with van der Waals surface area (Å²) in [7, 11) is 1.86. The van der Waals surface area contributed by atoms with Crippen molar-refractivity contribution in [2.24, 2.45) is 12.8 Å². The Bertz CT molecular complexity index is 280. The summed E-state index contributed by atoms with van der Waals surface area (Å²) >= 11 is 6.02. The van der Waals surface area contributed by atoms with Crippen molar-refractivity contribution in [2.75, 3.05) is 0 Å². The first-order valence-electron chi connectivity index (χ1n) is 4.02. The molecule has 1 atom stereocenters. The van der Waals surface area contributed by atoms with Crippen molar-refractivity contribution < 1.29 is 0 Å². The SMILES string of the molecule is CCC(N)c1c(Cl)c(C)nn1C. The molecular weight excluding hydrogens is 174 g/mol. The van der Waals surface area contributed by atoms with Crippen LogP contribution in [0.25, 0.3) is 0 Å². The molecule has 3 nitrogen and oxygen atoms in total. The Morgan fingerprint density at radius 2 is 2.25 bits per heavy atom. The quantitative estimate of drug-likeness (QED) is 0.768. The highest BCUT2D eigenvalue weighted by Crippen LogP contribution is 2.25. The number of nitrogens with zero attached hydrogens (tertiary/aromatic N) is 2. The summed E-state index contributed by atoms with van der Waals surface area (Å²) in [4.78, 5) is 0. The first-order chi connectivity index (χ1) is 5.57. The summed E-state index contributed by atoms with van der Waals surface area (Å²) in [5.41, 5.74) is 7.64. The van der Waals surface area contributed by atoms with Gasteiger partial charge in [0.05, 0.1) is 16.4 Å². The molecule has 0 aliphatic rings. The van der Waals surface area contributed by atoms with E-state index in [9.17, 15) is 0 Å². The molecule has 0 saturated carbocycles. The lowest BCUT2D eigenvalue weighted by molar-refractivity contribution is 0.604. The zero-order valence-electron chi connectivity index (χ0n) is 7.63. The highest BCUT2D eigenvalue weighted by molar-refractivity contribution is 6.31. The van der Waals surface area contributed by atoms with E-state index in [0.717, 1.165) is 17.8 Å². The van der Waals surface area contributed by atoms with E-state index in [0.29, 0.717) is 5.02 Å². The largest absolute Gasteiger partial charge is 0.323 e. The second-order valence-corrected chi connectivity index (χ2v) is 3.30. The fourth-order valence-corrected chi connectivity index (χ4v) is 1.55. The van der Waals surface area contributed by atoms with Crippen LogP contribution in [0, 0.1) is 6.92 Å². The molecule has 0 radical (unpaired) electrons. The van der Waals surface area contributed by atoms with E-state index >= 15 is 0 Å². The van der Waals surface area contributed by atoms with Crippen LogP contribution in [0.3, 0.4) is 0 Å². The summed E-state index contributed by atoms with van der Waals surface area (Å²) in [6.07, 6.45) is 0.874. The van der Waals surface area contributed by atoms with Gasteiger partial charge in [-0.25, -0.2) is 0 Å². The van der Waals surface area contributed by atoms with E-state index in [1.54, 1.807) is 4.68 Å². The van der Waals surface area contributed by atoms with Gasteiger partial charge in [0.15, 0.2) is 0 Å². The number of rotatable bonds is 2. The van der Waals surface area contributed by atoms with Crippen LogP contribution < -0.4 is 5.73 Å². The Labute approximate surface area is 77.5 Å². The van der Waals surface area contributed by atoms with Crippen LogP contribution in [0.1, 0.15) is 30.8 Å². The highest BCUT2D eigenvalue weighted by atomic mass is 35.5. The molecule has 1 unspecified atom stereocenters. The second kappa shape index (κ2) is 3.46. The van der Waals surface area contributed by atoms with E-state index in [1.807, 2.05) is 20.9 Å². The molecule has 12 heavy (non-hydrogen) atoms. The molecule has 0 spiro atoms. The smallest absolute Gasteiger partial charge is 0.0863 e. The highest BCUT2D eigenvalue weighted by Gasteiger charge is 2.15. The van der Waals surface area contributed by atoms with Gasteiger partial charge in [-0.15, -0.1) is 0 Å². The minimum atomic E-state index is -0.0105. The molecule has 2 N–H and O–H groups in total. The summed E-state index contributed by atoms with van der Waals surface area (Å²) in [6.45, 7) is 3.91. The standard InChI is InChI=1S/C8H14ClN3/c1-4-6(10)8-7(9)5(2)11-12(8)3/h6H,4,10H2,1-3H3. The molecule has 0 saturated heterocycles. The lowest BCUT2D eigenvalue weighted by Gasteiger charge is -2.09. The number of hydrogen-bond acceptors (Lipinski definition) is 2. The van der Waals surface area contributed by atoms with E-state index in [2.05, 4.69) is 5.10 Å². The van der Waals surface area contributed by atoms with E-state index in [4.69, 9.17) is 17.3 Å². The summed E-state index contributed by atoms with van der Waals surface area (Å²) in [5.74, 6) is 0. The van der Waals surface area contributed by atoms with Gasteiger partial charge in [0.1, 0.15) is 0 Å². The first-order valence-corrected chi connectivity index (χ1v) is 4.40. The second-order valence-electron chi connectivity index (χ2n) is 2.92. The topological polar surface area (TPSA) is 43.8 Å². The minimum Gasteiger partial charge on any atom is -0.323 e. The van der Waals surface area contributed by atoms with Crippen molar-refractivity contribution in [1.82, 2.24) is 9.78 Å². The maximum atomic E-state index is 6.02. The lowest BCUT2D eigenvalue weighted by atomic mass is 10.1. The Morgan fingerprint density at radius 1 is 1.67 bits per heavy atom. The van der Waals surface area contributed by atoms with Crippen LogP contribution in [0.4, 0.5) is 0 Å². The third-order valence-electron chi connectivity index (χ3n) is 1.98. The molecule has 1 aromatic rings. The van der Waals surface area contributed by atoms with E-state index in [-0.39, 0.29) is 6.04 Å². The van der Waals surface area contributed by atoms with E-state index < -0.39 is 0 Å². The van der Waals surface area contributed by atoms with Gasteiger partial charge in [0.2, 0.25) is 0 Å². The predicted octanol–water partition coefficient (Wildman–Crippen LogP) is 1.79. The van der Waals surface area contributed by atoms with Crippen LogP contribution in [-0.4, -0.2) is 9.78 Å². The van der Waals surface area contributed by atoms with Crippen LogP contribution in [0.2, 0.25) is 5.02 Å². The molecule has 68 valence electrons. The molecule has 1 aromatic heterocycles. The van der Waals surface area contributed by atoms with Gasteiger partial charge in [0.25, 0.3) is 0 Å². The number of halogens is 1. The van der Waals surface area contributed by atoms with Gasteiger partial charge >= 0.3 is 0 Å². The predicted molar refractivity (Wildman–Crippen MR) is 50.2 cm³/mol.